The van der Waals surface area contributed by atoms with Gasteiger partial charge in [0.05, 0.1) is 10.0 Å². The molecule has 0 radical (unpaired) electrons. The fourth-order valence-electron chi connectivity index (χ4n) is 1.34. The van der Waals surface area contributed by atoms with Crippen molar-refractivity contribution in [2.75, 3.05) is 0 Å². The molecule has 1 fully saturated rings. The van der Waals surface area contributed by atoms with E-state index < -0.39 is 0 Å². The molecule has 72 valence electrons. The van der Waals surface area contributed by atoms with Gasteiger partial charge in [-0.1, -0.05) is 29.3 Å². The first-order chi connectivity index (χ1) is 5.68. The highest BCUT2D eigenvalue weighted by atomic mass is 35.5. The molecule has 1 aliphatic carbocycles. The number of hydrogen-bond acceptors (Lipinski definition) is 1. The van der Waals surface area contributed by atoms with Crippen LogP contribution >= 0.6 is 35.6 Å². The Bertz CT molecular complexity index is 314. The van der Waals surface area contributed by atoms with E-state index in [1.54, 1.807) is 0 Å². The minimum atomic E-state index is 0. The molecule has 0 aliphatic heterocycles. The van der Waals surface area contributed by atoms with Gasteiger partial charge in [0, 0.05) is 12.0 Å². The molecule has 1 saturated carbocycles. The Labute approximate surface area is 93.6 Å². The molecule has 2 rings (SSSR count). The molecule has 13 heavy (non-hydrogen) atoms. The predicted molar refractivity (Wildman–Crippen MR) is 59.0 cm³/mol. The van der Waals surface area contributed by atoms with Crippen LogP contribution in [0, 0.1) is 0 Å². The van der Waals surface area contributed by atoms with Crippen LogP contribution in [0.25, 0.3) is 0 Å². The molecule has 1 aliphatic rings. The Hall–Kier alpha value is 0.0500. The summed E-state index contributed by atoms with van der Waals surface area (Å²) in [5.74, 6) is 0.500. The molecule has 0 aromatic heterocycles. The van der Waals surface area contributed by atoms with Crippen molar-refractivity contribution in [3.63, 3.8) is 0 Å². The Morgan fingerprint density at radius 3 is 2.31 bits per heavy atom. The van der Waals surface area contributed by atoms with Crippen molar-refractivity contribution < 1.29 is 0 Å². The minimum Gasteiger partial charge on any atom is -0.327 e. The molecule has 2 N–H and O–H groups in total. The zero-order valence-corrected chi connectivity index (χ0v) is 9.16. The molecule has 0 unspecified atom stereocenters. The maximum Gasteiger partial charge on any atom is 0.0595 e. The molecule has 4 heteroatoms. The summed E-state index contributed by atoms with van der Waals surface area (Å²) in [7, 11) is 0. The molecule has 0 bridgehead atoms. The van der Waals surface area contributed by atoms with E-state index in [1.807, 2.05) is 18.2 Å². The number of nitrogens with two attached hydrogens (primary N) is 1. The van der Waals surface area contributed by atoms with Gasteiger partial charge in [-0.2, -0.15) is 0 Å². The third-order valence-electron chi connectivity index (χ3n) is 2.21. The van der Waals surface area contributed by atoms with Crippen LogP contribution in [0.2, 0.25) is 10.0 Å². The lowest BCUT2D eigenvalue weighted by atomic mass is 10.1. The minimum absolute atomic E-state index is 0. The van der Waals surface area contributed by atoms with Crippen LogP contribution in [-0.2, 0) is 0 Å². The summed E-state index contributed by atoms with van der Waals surface area (Å²) < 4.78 is 0. The third-order valence-corrected chi connectivity index (χ3v) is 2.95. The molecule has 0 amide bonds. The molecular formula is C9H10Cl3N. The largest absolute Gasteiger partial charge is 0.327 e. The zero-order chi connectivity index (χ0) is 8.72. The van der Waals surface area contributed by atoms with E-state index in [0.29, 0.717) is 22.0 Å². The smallest absolute Gasteiger partial charge is 0.0595 e. The highest BCUT2D eigenvalue weighted by Gasteiger charge is 2.34. The molecule has 0 saturated heterocycles. The third kappa shape index (κ3) is 2.29. The Morgan fingerprint density at radius 1 is 1.23 bits per heavy atom. The fourth-order valence-corrected chi connectivity index (χ4v) is 1.65. The van der Waals surface area contributed by atoms with Gasteiger partial charge < -0.3 is 5.73 Å². The van der Waals surface area contributed by atoms with Crippen LogP contribution in [-0.4, -0.2) is 6.04 Å². The average Bonchev–Trinajstić information content (AvgIpc) is 2.73. The second-order valence-electron chi connectivity index (χ2n) is 3.18. The van der Waals surface area contributed by atoms with Gasteiger partial charge in [0.2, 0.25) is 0 Å². The van der Waals surface area contributed by atoms with Crippen LogP contribution < -0.4 is 5.73 Å². The monoisotopic (exact) mass is 237 g/mol. The maximum atomic E-state index is 5.86. The lowest BCUT2D eigenvalue weighted by Crippen LogP contribution is -2.00. The van der Waals surface area contributed by atoms with Gasteiger partial charge in [-0.15, -0.1) is 12.4 Å². The van der Waals surface area contributed by atoms with Crippen LogP contribution in [0.5, 0.6) is 0 Å². The number of rotatable bonds is 1. The summed E-state index contributed by atoms with van der Waals surface area (Å²) >= 11 is 11.6. The summed E-state index contributed by atoms with van der Waals surface area (Å²) in [5, 5.41) is 1.22. The number of halogens is 3. The lowest BCUT2D eigenvalue weighted by Gasteiger charge is -2.00. The molecule has 2 atom stereocenters. The first-order valence-electron chi connectivity index (χ1n) is 3.89. The van der Waals surface area contributed by atoms with E-state index in [-0.39, 0.29) is 12.4 Å². The van der Waals surface area contributed by atoms with Crippen LogP contribution in [0.3, 0.4) is 0 Å². The normalized spacial score (nSPS) is 25.2. The topological polar surface area (TPSA) is 26.0 Å². The van der Waals surface area contributed by atoms with Gasteiger partial charge in [-0.25, -0.2) is 0 Å². The lowest BCUT2D eigenvalue weighted by molar-refractivity contribution is 0.991. The van der Waals surface area contributed by atoms with Crippen molar-refractivity contribution in [1.82, 2.24) is 0 Å². The van der Waals surface area contributed by atoms with E-state index in [9.17, 15) is 0 Å². The quantitative estimate of drug-likeness (QED) is 0.799. The highest BCUT2D eigenvalue weighted by molar-refractivity contribution is 6.42. The van der Waals surface area contributed by atoms with E-state index in [0.717, 1.165) is 6.42 Å². The fraction of sp³-hybridized carbons (Fsp3) is 0.333. The van der Waals surface area contributed by atoms with Gasteiger partial charge >= 0.3 is 0 Å². The first-order valence-corrected chi connectivity index (χ1v) is 4.64. The standard InChI is InChI=1S/C9H9Cl2N.ClH/c10-7-2-1-5(3-8(7)11)6-4-9(6)12;/h1-3,6,9H,4,12H2;1H/t6-,9+;/m0./s1. The molecule has 1 aromatic carbocycles. The second kappa shape index (κ2) is 4.05. The van der Waals surface area contributed by atoms with Gasteiger partial charge in [-0.05, 0) is 24.1 Å². The van der Waals surface area contributed by atoms with E-state index in [1.165, 1.54) is 5.56 Å². The first kappa shape index (κ1) is 11.1. The van der Waals surface area contributed by atoms with Gasteiger partial charge in [0.15, 0.2) is 0 Å². The highest BCUT2D eigenvalue weighted by Crippen LogP contribution is 2.40. The summed E-state index contributed by atoms with van der Waals surface area (Å²) in [6.07, 6.45) is 1.07. The van der Waals surface area contributed by atoms with Crippen LogP contribution in [0.4, 0.5) is 0 Å². The van der Waals surface area contributed by atoms with Gasteiger partial charge in [0.25, 0.3) is 0 Å². The van der Waals surface area contributed by atoms with Crippen molar-refractivity contribution in [3.8, 4) is 0 Å². The predicted octanol–water partition coefficient (Wildman–Crippen LogP) is 3.23. The Kier molecular flexibility index (Phi) is 3.47. The summed E-state index contributed by atoms with van der Waals surface area (Å²) in [4.78, 5) is 0. The van der Waals surface area contributed by atoms with Gasteiger partial charge in [0.1, 0.15) is 0 Å². The number of benzene rings is 1. The van der Waals surface area contributed by atoms with E-state index >= 15 is 0 Å². The summed E-state index contributed by atoms with van der Waals surface area (Å²) in [6.45, 7) is 0. The van der Waals surface area contributed by atoms with E-state index in [2.05, 4.69) is 0 Å². The summed E-state index contributed by atoms with van der Waals surface area (Å²) in [5.41, 5.74) is 6.92. The second-order valence-corrected chi connectivity index (χ2v) is 3.99. The van der Waals surface area contributed by atoms with Crippen molar-refractivity contribution in [3.05, 3.63) is 33.8 Å². The summed E-state index contributed by atoms with van der Waals surface area (Å²) in [6, 6.07) is 6.04. The van der Waals surface area contributed by atoms with Gasteiger partial charge in [-0.3, -0.25) is 0 Å². The molecule has 0 heterocycles. The molecule has 1 aromatic rings. The molecule has 1 nitrogen and oxygen atoms in total. The zero-order valence-electron chi connectivity index (χ0n) is 6.84. The van der Waals surface area contributed by atoms with Crippen molar-refractivity contribution in [1.29, 1.82) is 0 Å². The van der Waals surface area contributed by atoms with Crippen molar-refractivity contribution in [2.24, 2.45) is 5.73 Å². The van der Waals surface area contributed by atoms with Crippen molar-refractivity contribution >= 4 is 35.6 Å². The molecule has 0 spiro atoms. The average molecular weight is 239 g/mol. The maximum absolute atomic E-state index is 5.86. The molecular weight excluding hydrogens is 228 g/mol. The van der Waals surface area contributed by atoms with E-state index in [4.69, 9.17) is 28.9 Å². The Morgan fingerprint density at radius 2 is 1.85 bits per heavy atom. The van der Waals surface area contributed by atoms with Crippen LogP contribution in [0.1, 0.15) is 17.9 Å². The number of hydrogen-bond donors (Lipinski definition) is 1. The SMILES string of the molecule is Cl.N[C@@H]1C[C@H]1c1ccc(Cl)c(Cl)c1. The van der Waals surface area contributed by atoms with Crippen LogP contribution in [0.15, 0.2) is 18.2 Å². The van der Waals surface area contributed by atoms with Crippen molar-refractivity contribution in [2.45, 2.75) is 18.4 Å². The Balaban J connectivity index is 0.000000845.